The highest BCUT2D eigenvalue weighted by Gasteiger charge is 2.37. The molecule has 0 amide bonds. The summed E-state index contributed by atoms with van der Waals surface area (Å²) in [5.74, 6) is -8.54. The zero-order chi connectivity index (χ0) is 27.1. The molecule has 0 fully saturated rings. The van der Waals surface area contributed by atoms with Crippen molar-refractivity contribution in [3.05, 3.63) is 50.6 Å². The quantitative estimate of drug-likeness (QED) is 0.115. The van der Waals surface area contributed by atoms with E-state index in [0.29, 0.717) is 24.3 Å². The third kappa shape index (κ3) is 15.1. The largest absolute Gasteiger partial charge is 0.397 e. The number of carbonyl (C=O) groups excluding carboxylic acids is 4. The summed E-state index contributed by atoms with van der Waals surface area (Å²) in [5, 5.41) is 0. The molecule has 35 heavy (non-hydrogen) atoms. The number of hydrogen-bond acceptors (Lipinski definition) is 11. The van der Waals surface area contributed by atoms with Crippen molar-refractivity contribution < 1.29 is 69.9 Å². The minimum Gasteiger partial charge on any atom is -0.397 e. The van der Waals surface area contributed by atoms with E-state index in [1.54, 1.807) is 0 Å². The number of halogens is 4. The lowest BCUT2D eigenvalue weighted by atomic mass is 10.2. The smallest absolute Gasteiger partial charge is 0.379 e. The maximum atomic E-state index is 13.9. The summed E-state index contributed by atoms with van der Waals surface area (Å²) < 4.78 is 86.0. The third-order valence-electron chi connectivity index (χ3n) is 3.12. The summed E-state index contributed by atoms with van der Waals surface area (Å²) in [4.78, 5) is 44.6. The van der Waals surface area contributed by atoms with Gasteiger partial charge in [-0.2, -0.15) is 8.78 Å². The van der Waals surface area contributed by atoms with Crippen LogP contribution < -0.4 is 0 Å². The average molecular weight is 514 g/mol. The van der Waals surface area contributed by atoms with Gasteiger partial charge in [0.1, 0.15) is 13.2 Å². The summed E-state index contributed by atoms with van der Waals surface area (Å²) in [6, 6.07) is 0. The Morgan fingerprint density at radius 3 is 1.34 bits per heavy atom. The Hall–Kier alpha value is -3.56. The molecule has 0 saturated heterocycles. The molecule has 15 heteroatoms. The monoisotopic (exact) mass is 514 g/mol. The van der Waals surface area contributed by atoms with Crippen molar-refractivity contribution in [2.24, 2.45) is 0 Å². The Morgan fingerprint density at radius 2 is 1.00 bits per heavy atom. The maximum Gasteiger partial charge on any atom is 0.379 e. The first-order valence-corrected chi connectivity index (χ1v) is 9.22. The SMILES string of the molecule is C=CC(=O)OC(OCC(F)(F)CCOC(F)(F)COC(OC(=O)C=C)OC(=O)C=C)OC(=O)C=C. The Balaban J connectivity index is 4.78. The van der Waals surface area contributed by atoms with E-state index in [-0.39, 0.29) is 0 Å². The molecular formula is C20H22F4O11. The van der Waals surface area contributed by atoms with E-state index in [9.17, 15) is 36.7 Å². The predicted octanol–water partition coefficient (Wildman–Crippen LogP) is 2.14. The van der Waals surface area contributed by atoms with Gasteiger partial charge in [-0.15, -0.1) is 0 Å². The van der Waals surface area contributed by atoms with Gasteiger partial charge in [-0.1, -0.05) is 26.3 Å². The number of alkyl halides is 4. The summed E-state index contributed by atoms with van der Waals surface area (Å²) in [6.45, 7) is 3.31. The number of ether oxygens (including phenoxy) is 7. The topological polar surface area (TPSA) is 133 Å². The third-order valence-corrected chi connectivity index (χ3v) is 3.12. The molecule has 0 N–H and O–H groups in total. The van der Waals surface area contributed by atoms with Gasteiger partial charge in [0.25, 0.3) is 5.92 Å². The van der Waals surface area contributed by atoms with Gasteiger partial charge in [-0.25, -0.2) is 28.0 Å². The summed E-state index contributed by atoms with van der Waals surface area (Å²) in [5.41, 5.74) is 0. The second-order valence-corrected chi connectivity index (χ2v) is 5.86. The van der Waals surface area contributed by atoms with E-state index >= 15 is 0 Å². The first kappa shape index (κ1) is 31.4. The second kappa shape index (κ2) is 15.4. The van der Waals surface area contributed by atoms with Gasteiger partial charge in [0.15, 0.2) is 0 Å². The van der Waals surface area contributed by atoms with Gasteiger partial charge in [0.05, 0.1) is 6.61 Å². The van der Waals surface area contributed by atoms with Gasteiger partial charge < -0.3 is 33.2 Å². The molecule has 0 aromatic heterocycles. The zero-order valence-electron chi connectivity index (χ0n) is 18.1. The molecule has 196 valence electrons. The normalized spacial score (nSPS) is 11.4. The second-order valence-electron chi connectivity index (χ2n) is 5.86. The molecule has 0 radical (unpaired) electrons. The molecule has 0 saturated carbocycles. The summed E-state index contributed by atoms with van der Waals surface area (Å²) >= 11 is 0. The van der Waals surface area contributed by atoms with Crippen LogP contribution >= 0.6 is 0 Å². The van der Waals surface area contributed by atoms with E-state index in [0.717, 1.165) is 0 Å². The van der Waals surface area contributed by atoms with Crippen LogP contribution in [0.4, 0.5) is 17.6 Å². The van der Waals surface area contributed by atoms with Crippen molar-refractivity contribution in [1.29, 1.82) is 0 Å². The van der Waals surface area contributed by atoms with Crippen LogP contribution in [0.25, 0.3) is 0 Å². The molecule has 0 heterocycles. The molecule has 0 aromatic rings. The van der Waals surface area contributed by atoms with Crippen LogP contribution in [-0.4, -0.2) is 68.7 Å². The molecular weight excluding hydrogens is 492 g/mol. The first-order chi connectivity index (χ1) is 16.3. The van der Waals surface area contributed by atoms with Crippen LogP contribution in [0.3, 0.4) is 0 Å². The van der Waals surface area contributed by atoms with Crippen molar-refractivity contribution in [2.45, 2.75) is 31.4 Å². The summed E-state index contributed by atoms with van der Waals surface area (Å²) in [7, 11) is 0. The molecule has 0 atom stereocenters. The van der Waals surface area contributed by atoms with Crippen LogP contribution in [0.2, 0.25) is 0 Å². The highest BCUT2D eigenvalue weighted by molar-refractivity contribution is 5.83. The van der Waals surface area contributed by atoms with Crippen LogP contribution in [0.15, 0.2) is 50.6 Å². The average Bonchev–Trinajstić information content (AvgIpc) is 2.80. The fourth-order valence-electron chi connectivity index (χ4n) is 1.57. The van der Waals surface area contributed by atoms with E-state index < -0.39 is 75.1 Å². The van der Waals surface area contributed by atoms with Crippen molar-refractivity contribution in [2.75, 3.05) is 19.8 Å². The number of esters is 4. The number of rotatable bonds is 18. The Kier molecular flexibility index (Phi) is 13.8. The van der Waals surface area contributed by atoms with E-state index in [1.165, 1.54) is 0 Å². The molecule has 11 nitrogen and oxygen atoms in total. The van der Waals surface area contributed by atoms with Gasteiger partial charge in [-0.3, -0.25) is 0 Å². The maximum absolute atomic E-state index is 13.9. The minimum atomic E-state index is -4.20. The van der Waals surface area contributed by atoms with Crippen molar-refractivity contribution in [3.63, 3.8) is 0 Å². The molecule has 0 aliphatic carbocycles. The highest BCUT2D eigenvalue weighted by Crippen LogP contribution is 2.24. The first-order valence-electron chi connectivity index (χ1n) is 9.22. The van der Waals surface area contributed by atoms with Crippen LogP contribution in [0, 0.1) is 0 Å². The lowest BCUT2D eigenvalue weighted by Gasteiger charge is -2.23. The van der Waals surface area contributed by atoms with Gasteiger partial charge in [0, 0.05) is 30.7 Å². The van der Waals surface area contributed by atoms with Crippen LogP contribution in [-0.2, 0) is 52.3 Å². The molecule has 0 aromatic carbocycles. The predicted molar refractivity (Wildman–Crippen MR) is 105 cm³/mol. The highest BCUT2D eigenvalue weighted by atomic mass is 19.3. The van der Waals surface area contributed by atoms with E-state index in [1.807, 2.05) is 0 Å². The molecule has 0 aliphatic rings. The molecule has 0 aliphatic heterocycles. The Morgan fingerprint density at radius 1 is 0.657 bits per heavy atom. The van der Waals surface area contributed by atoms with E-state index in [4.69, 9.17) is 0 Å². The summed E-state index contributed by atoms with van der Waals surface area (Å²) in [6.07, 6.45) is -3.01. The number of hydrogen-bond donors (Lipinski definition) is 0. The fraction of sp³-hybridized carbons (Fsp3) is 0.400. The zero-order valence-corrected chi connectivity index (χ0v) is 18.1. The molecule has 0 bridgehead atoms. The molecule has 0 unspecified atom stereocenters. The Bertz CT molecular complexity index is 690. The van der Waals surface area contributed by atoms with Crippen molar-refractivity contribution in [3.8, 4) is 0 Å². The number of carbonyl (C=O) groups is 4. The lowest BCUT2D eigenvalue weighted by molar-refractivity contribution is -0.324. The van der Waals surface area contributed by atoms with Crippen LogP contribution in [0.5, 0.6) is 0 Å². The molecule has 0 rings (SSSR count). The van der Waals surface area contributed by atoms with Crippen molar-refractivity contribution >= 4 is 23.9 Å². The van der Waals surface area contributed by atoms with Crippen LogP contribution in [0.1, 0.15) is 6.42 Å². The van der Waals surface area contributed by atoms with Gasteiger partial charge in [-0.05, 0) is 0 Å². The van der Waals surface area contributed by atoms with Crippen molar-refractivity contribution in [1.82, 2.24) is 0 Å². The fourth-order valence-corrected chi connectivity index (χ4v) is 1.57. The van der Waals surface area contributed by atoms with E-state index in [2.05, 4.69) is 59.5 Å². The Labute approximate surface area is 196 Å². The minimum absolute atomic E-state index is 0.623. The van der Waals surface area contributed by atoms with Gasteiger partial charge in [0.2, 0.25) is 0 Å². The van der Waals surface area contributed by atoms with Gasteiger partial charge >= 0.3 is 42.9 Å². The standard InChI is InChI=1S/C20H22F4O11/c1-5-13(25)32-17(33-14(26)6-2)29-11-19(21,22)9-10-31-20(23,24)12-30-18(34-15(27)7-3)35-16(28)8-4/h5-8,17-18H,1-4,9-12H2. The molecule has 0 spiro atoms. The lowest BCUT2D eigenvalue weighted by Crippen LogP contribution is -2.36.